The lowest BCUT2D eigenvalue weighted by Gasteiger charge is -2.25. The number of aryl methyl sites for hydroxylation is 1. The molecule has 7 heteroatoms. The number of ether oxygens (including phenoxy) is 1. The Kier molecular flexibility index (Phi) is 4.16. The van der Waals surface area contributed by atoms with Gasteiger partial charge in [0.25, 0.3) is 0 Å². The zero-order valence-corrected chi connectivity index (χ0v) is 14.7. The van der Waals surface area contributed by atoms with Crippen LogP contribution in [0.1, 0.15) is 24.7 Å². The molecule has 1 saturated heterocycles. The summed E-state index contributed by atoms with van der Waals surface area (Å²) in [5, 5.41) is 1.03. The van der Waals surface area contributed by atoms with Crippen LogP contribution in [0.25, 0.3) is 22.6 Å². The van der Waals surface area contributed by atoms with Gasteiger partial charge in [-0.1, -0.05) is 35.3 Å². The van der Waals surface area contributed by atoms with Crippen molar-refractivity contribution in [2.24, 2.45) is 0 Å². The van der Waals surface area contributed by atoms with Crippen LogP contribution in [0.3, 0.4) is 0 Å². The molecule has 0 N–H and O–H groups in total. The molecular formula is C17H16Cl2N4O. The van der Waals surface area contributed by atoms with E-state index in [-0.39, 0.29) is 6.04 Å². The van der Waals surface area contributed by atoms with E-state index in [1.807, 2.05) is 31.2 Å². The van der Waals surface area contributed by atoms with E-state index in [4.69, 9.17) is 32.9 Å². The number of nitrogens with zero attached hydrogens (tertiary/aromatic N) is 4. The molecule has 2 aromatic heterocycles. The second-order valence-corrected chi connectivity index (χ2v) is 6.63. The molecule has 1 fully saturated rings. The van der Waals surface area contributed by atoms with Crippen molar-refractivity contribution >= 4 is 34.4 Å². The Morgan fingerprint density at radius 3 is 2.58 bits per heavy atom. The summed E-state index contributed by atoms with van der Waals surface area (Å²) in [6, 6.07) is 7.94. The molecular weight excluding hydrogens is 347 g/mol. The van der Waals surface area contributed by atoms with Crippen LogP contribution in [0.5, 0.6) is 0 Å². The van der Waals surface area contributed by atoms with Gasteiger partial charge in [0, 0.05) is 24.8 Å². The average Bonchev–Trinajstić information content (AvgIpc) is 2.95. The molecule has 5 nitrogen and oxygen atoms in total. The highest BCUT2D eigenvalue weighted by Crippen LogP contribution is 2.36. The lowest BCUT2D eigenvalue weighted by atomic mass is 10.1. The fourth-order valence-electron chi connectivity index (χ4n) is 3.16. The van der Waals surface area contributed by atoms with Crippen LogP contribution < -0.4 is 0 Å². The number of aromatic nitrogens is 4. The number of halogens is 2. The predicted molar refractivity (Wildman–Crippen MR) is 94.6 cm³/mol. The summed E-state index contributed by atoms with van der Waals surface area (Å²) in [5.41, 5.74) is 2.25. The second kappa shape index (κ2) is 6.31. The summed E-state index contributed by atoms with van der Waals surface area (Å²) in [4.78, 5) is 13.6. The summed E-state index contributed by atoms with van der Waals surface area (Å²) in [7, 11) is 0. The molecule has 0 aliphatic carbocycles. The summed E-state index contributed by atoms with van der Waals surface area (Å²) in [6.07, 6.45) is 1.81. The van der Waals surface area contributed by atoms with Crippen LogP contribution in [0, 0.1) is 6.92 Å². The Morgan fingerprint density at radius 1 is 1.08 bits per heavy atom. The number of hydrogen-bond acceptors (Lipinski definition) is 4. The fraction of sp³-hybridized carbons (Fsp3) is 0.353. The highest BCUT2D eigenvalue weighted by atomic mass is 35.5. The first kappa shape index (κ1) is 15.8. The van der Waals surface area contributed by atoms with Crippen molar-refractivity contribution in [3.63, 3.8) is 0 Å². The van der Waals surface area contributed by atoms with Gasteiger partial charge in [-0.25, -0.2) is 15.0 Å². The van der Waals surface area contributed by atoms with Crippen LogP contribution in [0.2, 0.25) is 10.2 Å². The minimum Gasteiger partial charge on any atom is -0.381 e. The molecule has 0 bridgehead atoms. The number of imidazole rings is 1. The van der Waals surface area contributed by atoms with Gasteiger partial charge in [0.05, 0.1) is 5.02 Å². The average molecular weight is 363 g/mol. The molecule has 124 valence electrons. The zero-order chi connectivity index (χ0) is 16.7. The first-order chi connectivity index (χ1) is 11.6. The Balaban J connectivity index is 2.01. The third-order valence-electron chi connectivity index (χ3n) is 4.28. The standard InChI is InChI=1S/C17H16Cl2N4O/c1-10-20-15(19)14-17(21-10)23(11-6-8-24-9-7-11)16(22-14)12-4-2-3-5-13(12)18/h2-5,11H,6-9H2,1H3. The maximum absolute atomic E-state index is 6.42. The third kappa shape index (κ3) is 2.66. The van der Waals surface area contributed by atoms with Crippen LogP contribution in [0.15, 0.2) is 24.3 Å². The van der Waals surface area contributed by atoms with Crippen molar-refractivity contribution in [2.75, 3.05) is 13.2 Å². The van der Waals surface area contributed by atoms with Crippen molar-refractivity contribution in [3.05, 3.63) is 40.3 Å². The van der Waals surface area contributed by atoms with Crippen LogP contribution in [0.4, 0.5) is 0 Å². The van der Waals surface area contributed by atoms with Crippen molar-refractivity contribution in [1.82, 2.24) is 19.5 Å². The Hall–Kier alpha value is -1.69. The minimum absolute atomic E-state index is 0.250. The first-order valence-electron chi connectivity index (χ1n) is 7.90. The Morgan fingerprint density at radius 2 is 1.83 bits per heavy atom. The number of fused-ring (bicyclic) bond motifs is 1. The van der Waals surface area contributed by atoms with E-state index in [9.17, 15) is 0 Å². The van der Waals surface area contributed by atoms with E-state index in [0.717, 1.165) is 43.1 Å². The van der Waals surface area contributed by atoms with Crippen LogP contribution >= 0.6 is 23.2 Å². The lowest BCUT2D eigenvalue weighted by molar-refractivity contribution is 0.0708. The largest absolute Gasteiger partial charge is 0.381 e. The molecule has 0 spiro atoms. The second-order valence-electron chi connectivity index (χ2n) is 5.86. The molecule has 0 atom stereocenters. The quantitative estimate of drug-likeness (QED) is 0.631. The van der Waals surface area contributed by atoms with Crippen molar-refractivity contribution < 1.29 is 4.74 Å². The van der Waals surface area contributed by atoms with Gasteiger partial charge < -0.3 is 9.30 Å². The summed E-state index contributed by atoms with van der Waals surface area (Å²) >= 11 is 12.8. The van der Waals surface area contributed by atoms with Crippen molar-refractivity contribution in [3.8, 4) is 11.4 Å². The summed E-state index contributed by atoms with van der Waals surface area (Å²) in [6.45, 7) is 3.29. The molecule has 0 saturated carbocycles. The van der Waals surface area contributed by atoms with Gasteiger partial charge in [0.15, 0.2) is 10.8 Å². The lowest BCUT2D eigenvalue weighted by Crippen LogP contribution is -2.20. The molecule has 1 aromatic carbocycles. The van der Waals surface area contributed by atoms with E-state index in [1.54, 1.807) is 0 Å². The van der Waals surface area contributed by atoms with E-state index in [0.29, 0.717) is 21.5 Å². The smallest absolute Gasteiger partial charge is 0.165 e. The zero-order valence-electron chi connectivity index (χ0n) is 13.2. The van der Waals surface area contributed by atoms with Gasteiger partial charge in [-0.2, -0.15) is 0 Å². The van der Waals surface area contributed by atoms with E-state index < -0.39 is 0 Å². The molecule has 1 aliphatic heterocycles. The van der Waals surface area contributed by atoms with E-state index in [1.165, 1.54) is 0 Å². The van der Waals surface area contributed by atoms with Gasteiger partial charge in [0.2, 0.25) is 0 Å². The molecule has 24 heavy (non-hydrogen) atoms. The van der Waals surface area contributed by atoms with Gasteiger partial charge >= 0.3 is 0 Å². The first-order valence-corrected chi connectivity index (χ1v) is 8.65. The van der Waals surface area contributed by atoms with E-state index in [2.05, 4.69) is 14.5 Å². The number of benzene rings is 1. The predicted octanol–water partition coefficient (Wildman–Crippen LogP) is 4.46. The third-order valence-corrected chi connectivity index (χ3v) is 4.87. The molecule has 0 radical (unpaired) electrons. The van der Waals surface area contributed by atoms with Crippen LogP contribution in [-0.4, -0.2) is 32.7 Å². The SMILES string of the molecule is Cc1nc(Cl)c2nc(-c3ccccc3Cl)n(C3CCOCC3)c2n1. The molecule has 0 unspecified atom stereocenters. The fourth-order valence-corrected chi connectivity index (χ4v) is 3.63. The normalized spacial score (nSPS) is 16.0. The van der Waals surface area contributed by atoms with Crippen molar-refractivity contribution in [1.29, 1.82) is 0 Å². The summed E-state index contributed by atoms with van der Waals surface area (Å²) < 4.78 is 7.66. The van der Waals surface area contributed by atoms with Gasteiger partial charge in [-0.15, -0.1) is 0 Å². The molecule has 1 aliphatic rings. The molecule has 0 amide bonds. The molecule has 3 heterocycles. The monoisotopic (exact) mass is 362 g/mol. The van der Waals surface area contributed by atoms with Gasteiger partial charge in [-0.3, -0.25) is 0 Å². The molecule has 3 aromatic rings. The van der Waals surface area contributed by atoms with E-state index >= 15 is 0 Å². The molecule has 4 rings (SSSR count). The summed E-state index contributed by atoms with van der Waals surface area (Å²) in [5.74, 6) is 1.41. The Bertz CT molecular complexity index is 903. The maximum Gasteiger partial charge on any atom is 0.165 e. The van der Waals surface area contributed by atoms with Crippen LogP contribution in [-0.2, 0) is 4.74 Å². The topological polar surface area (TPSA) is 52.8 Å². The van der Waals surface area contributed by atoms with Gasteiger partial charge in [0.1, 0.15) is 17.2 Å². The number of hydrogen-bond donors (Lipinski definition) is 0. The highest BCUT2D eigenvalue weighted by molar-refractivity contribution is 6.34. The van der Waals surface area contributed by atoms with Crippen molar-refractivity contribution in [2.45, 2.75) is 25.8 Å². The highest BCUT2D eigenvalue weighted by Gasteiger charge is 2.25. The minimum atomic E-state index is 0.250. The van der Waals surface area contributed by atoms with Gasteiger partial charge in [-0.05, 0) is 31.9 Å². The maximum atomic E-state index is 6.42. The Labute approximate surface area is 149 Å². The number of rotatable bonds is 2.